The minimum Gasteiger partial charge on any atom is -0.336 e. The highest BCUT2D eigenvalue weighted by Gasteiger charge is 2.28. The monoisotopic (exact) mass is 318 g/mol. The van der Waals surface area contributed by atoms with Crippen LogP contribution in [0.15, 0.2) is 55.0 Å². The normalized spacial score (nSPS) is 17.3. The summed E-state index contributed by atoms with van der Waals surface area (Å²) < 4.78 is 0. The van der Waals surface area contributed by atoms with Gasteiger partial charge in [0.15, 0.2) is 0 Å². The molecule has 0 unspecified atom stereocenters. The van der Waals surface area contributed by atoms with Crippen molar-refractivity contribution in [2.24, 2.45) is 5.92 Å². The molecule has 0 aliphatic carbocycles. The maximum Gasteiger partial charge on any atom is 0.291 e. The van der Waals surface area contributed by atoms with E-state index >= 15 is 0 Å². The molecule has 1 aliphatic heterocycles. The summed E-state index contributed by atoms with van der Waals surface area (Å²) in [5, 5.41) is 1.20. The summed E-state index contributed by atoms with van der Waals surface area (Å²) in [7, 11) is 0. The van der Waals surface area contributed by atoms with Gasteiger partial charge in [0.2, 0.25) is 5.82 Å². The van der Waals surface area contributed by atoms with Crippen molar-refractivity contribution < 1.29 is 4.79 Å². The van der Waals surface area contributed by atoms with Crippen LogP contribution in [0.2, 0.25) is 0 Å². The second-order valence-electron chi connectivity index (χ2n) is 6.17. The van der Waals surface area contributed by atoms with Crippen molar-refractivity contribution in [3.8, 4) is 0 Å². The maximum atomic E-state index is 12.4. The zero-order valence-corrected chi connectivity index (χ0v) is 13.3. The van der Waals surface area contributed by atoms with Crippen LogP contribution in [0.25, 0.3) is 10.9 Å². The van der Waals surface area contributed by atoms with E-state index in [0.717, 1.165) is 31.4 Å². The predicted molar refractivity (Wildman–Crippen MR) is 91.5 cm³/mol. The number of nitrogens with zero attached hydrogens (tertiary/aromatic N) is 4. The van der Waals surface area contributed by atoms with E-state index in [1.165, 1.54) is 10.9 Å². The smallest absolute Gasteiger partial charge is 0.291 e. The number of amides is 1. The van der Waals surface area contributed by atoms with Crippen LogP contribution in [0.5, 0.6) is 0 Å². The number of carbonyl (C=O) groups excluding carboxylic acids is 1. The van der Waals surface area contributed by atoms with Gasteiger partial charge in [-0.05, 0) is 42.5 Å². The molecule has 24 heavy (non-hydrogen) atoms. The molecule has 0 N–H and O–H groups in total. The third-order valence-electron chi connectivity index (χ3n) is 4.58. The van der Waals surface area contributed by atoms with E-state index in [2.05, 4.69) is 27.1 Å². The Morgan fingerprint density at radius 1 is 1.04 bits per heavy atom. The Labute approximate surface area is 140 Å². The van der Waals surface area contributed by atoms with Gasteiger partial charge >= 0.3 is 0 Å². The first-order chi connectivity index (χ1) is 11.8. The minimum atomic E-state index is -0.0716. The summed E-state index contributed by atoms with van der Waals surface area (Å²) in [5.74, 6) is 0.675. The third kappa shape index (κ3) is 2.85. The van der Waals surface area contributed by atoms with Crippen LogP contribution < -0.4 is 0 Å². The van der Waals surface area contributed by atoms with Crippen molar-refractivity contribution in [1.29, 1.82) is 0 Å². The van der Waals surface area contributed by atoms with Gasteiger partial charge in [-0.3, -0.25) is 9.78 Å². The lowest BCUT2D eigenvalue weighted by Gasteiger charge is -2.16. The van der Waals surface area contributed by atoms with Crippen LogP contribution in [0.4, 0.5) is 0 Å². The number of benzene rings is 1. The zero-order valence-electron chi connectivity index (χ0n) is 13.3. The van der Waals surface area contributed by atoms with Crippen LogP contribution >= 0.6 is 0 Å². The molecule has 1 saturated heterocycles. The van der Waals surface area contributed by atoms with Crippen molar-refractivity contribution >= 4 is 16.8 Å². The molecule has 0 spiro atoms. The van der Waals surface area contributed by atoms with Gasteiger partial charge in [-0.2, -0.15) is 0 Å². The van der Waals surface area contributed by atoms with E-state index in [1.54, 1.807) is 18.5 Å². The van der Waals surface area contributed by atoms with Gasteiger partial charge in [0.05, 0.1) is 5.52 Å². The molecular formula is C19H18N4O. The molecule has 1 fully saturated rings. The van der Waals surface area contributed by atoms with E-state index in [4.69, 9.17) is 0 Å². The molecule has 2 aromatic heterocycles. The molecule has 3 aromatic rings. The molecule has 5 nitrogen and oxygen atoms in total. The number of pyridine rings is 1. The number of rotatable bonds is 3. The van der Waals surface area contributed by atoms with E-state index in [-0.39, 0.29) is 11.7 Å². The molecule has 0 bridgehead atoms. The van der Waals surface area contributed by atoms with E-state index in [0.29, 0.717) is 5.92 Å². The van der Waals surface area contributed by atoms with E-state index < -0.39 is 0 Å². The van der Waals surface area contributed by atoms with Gasteiger partial charge in [0.25, 0.3) is 5.91 Å². The summed E-state index contributed by atoms with van der Waals surface area (Å²) in [6, 6.07) is 12.0. The van der Waals surface area contributed by atoms with Crippen molar-refractivity contribution in [1.82, 2.24) is 19.9 Å². The fourth-order valence-corrected chi connectivity index (χ4v) is 3.38. The van der Waals surface area contributed by atoms with Gasteiger partial charge < -0.3 is 4.90 Å². The molecule has 0 saturated carbocycles. The first-order valence-electron chi connectivity index (χ1n) is 8.20. The highest BCUT2D eigenvalue weighted by atomic mass is 16.2. The number of hydrogen-bond acceptors (Lipinski definition) is 4. The van der Waals surface area contributed by atoms with Crippen LogP contribution in [-0.4, -0.2) is 38.8 Å². The molecule has 1 aromatic carbocycles. The molecule has 1 amide bonds. The lowest BCUT2D eigenvalue weighted by molar-refractivity contribution is 0.0775. The molecule has 120 valence electrons. The first-order valence-corrected chi connectivity index (χ1v) is 8.20. The largest absolute Gasteiger partial charge is 0.336 e. The van der Waals surface area contributed by atoms with Gasteiger partial charge in [-0.1, -0.05) is 18.2 Å². The summed E-state index contributed by atoms with van der Waals surface area (Å²) in [6.45, 7) is 1.53. The number of para-hydroxylation sites is 1. The fraction of sp³-hybridized carbons (Fsp3) is 0.263. The topological polar surface area (TPSA) is 59.0 Å². The lowest BCUT2D eigenvalue weighted by atomic mass is 9.96. The average Bonchev–Trinajstić information content (AvgIpc) is 3.11. The van der Waals surface area contributed by atoms with Gasteiger partial charge in [-0.15, -0.1) is 0 Å². The van der Waals surface area contributed by atoms with E-state index in [1.807, 2.05) is 29.3 Å². The van der Waals surface area contributed by atoms with Crippen molar-refractivity contribution in [2.75, 3.05) is 13.1 Å². The van der Waals surface area contributed by atoms with Crippen LogP contribution in [-0.2, 0) is 6.42 Å². The Morgan fingerprint density at radius 2 is 1.88 bits per heavy atom. The molecule has 1 aliphatic rings. The van der Waals surface area contributed by atoms with Crippen molar-refractivity contribution in [3.63, 3.8) is 0 Å². The third-order valence-corrected chi connectivity index (χ3v) is 4.58. The van der Waals surface area contributed by atoms with Gasteiger partial charge in [0, 0.05) is 37.1 Å². The number of fused-ring (bicyclic) bond motifs is 1. The van der Waals surface area contributed by atoms with Crippen LogP contribution in [0.3, 0.4) is 0 Å². The molecule has 1 atom stereocenters. The summed E-state index contributed by atoms with van der Waals surface area (Å²) in [6.07, 6.45) is 7.05. The number of aromatic nitrogens is 3. The summed E-state index contributed by atoms with van der Waals surface area (Å²) in [5.41, 5.74) is 2.33. The van der Waals surface area contributed by atoms with Crippen LogP contribution in [0, 0.1) is 5.92 Å². The number of carbonyl (C=O) groups is 1. The molecule has 5 heteroatoms. The SMILES string of the molecule is O=C(c1ncccn1)N1CC[C@@H](Cc2ccnc3ccccc23)C1. The fourth-order valence-electron chi connectivity index (χ4n) is 3.38. The van der Waals surface area contributed by atoms with Gasteiger partial charge in [0.1, 0.15) is 0 Å². The second-order valence-corrected chi connectivity index (χ2v) is 6.17. The molecule has 3 heterocycles. The highest BCUT2D eigenvalue weighted by molar-refractivity contribution is 5.90. The Bertz CT molecular complexity index is 860. The van der Waals surface area contributed by atoms with Crippen LogP contribution in [0.1, 0.15) is 22.6 Å². The lowest BCUT2D eigenvalue weighted by Crippen LogP contribution is -2.30. The second kappa shape index (κ2) is 6.35. The standard InChI is InChI=1S/C19H18N4O/c24-19(18-21-8-3-9-22-18)23-11-7-14(13-23)12-15-6-10-20-17-5-2-1-4-16(15)17/h1-6,8-10,14H,7,11-13H2/t14-/m0/s1. The Hall–Kier alpha value is -2.82. The summed E-state index contributed by atoms with van der Waals surface area (Å²) >= 11 is 0. The molecule has 4 rings (SSSR count). The van der Waals surface area contributed by atoms with Crippen molar-refractivity contribution in [3.05, 3.63) is 66.4 Å². The summed E-state index contributed by atoms with van der Waals surface area (Å²) in [4.78, 5) is 26.9. The molecule has 0 radical (unpaired) electrons. The Kier molecular flexibility index (Phi) is 3.91. The highest BCUT2D eigenvalue weighted by Crippen LogP contribution is 2.25. The molecular weight excluding hydrogens is 300 g/mol. The maximum absolute atomic E-state index is 12.4. The average molecular weight is 318 g/mol. The van der Waals surface area contributed by atoms with Gasteiger partial charge in [-0.25, -0.2) is 9.97 Å². The first kappa shape index (κ1) is 14.8. The zero-order chi connectivity index (χ0) is 16.4. The Balaban J connectivity index is 1.48. The predicted octanol–water partition coefficient (Wildman–Crippen LogP) is 2.73. The van der Waals surface area contributed by atoms with Crippen molar-refractivity contribution in [2.45, 2.75) is 12.8 Å². The van der Waals surface area contributed by atoms with E-state index in [9.17, 15) is 4.79 Å². The quantitative estimate of drug-likeness (QED) is 0.745. The minimum absolute atomic E-state index is 0.0716. The number of likely N-dealkylation sites (tertiary alicyclic amines) is 1. The number of hydrogen-bond donors (Lipinski definition) is 0. The Morgan fingerprint density at radius 3 is 2.75 bits per heavy atom.